The number of nitrogens with two attached hydrogens (primary N) is 1. The minimum absolute atomic E-state index is 0.0854. The lowest BCUT2D eigenvalue weighted by molar-refractivity contribution is 0.101. The summed E-state index contributed by atoms with van der Waals surface area (Å²) in [4.78, 5) is 2.27. The molecule has 1 aromatic carbocycles. The molecule has 20 heavy (non-hydrogen) atoms. The zero-order valence-electron chi connectivity index (χ0n) is 12.2. The van der Waals surface area contributed by atoms with E-state index in [2.05, 4.69) is 11.9 Å². The highest BCUT2D eigenvalue weighted by molar-refractivity contribution is 5.44. The number of likely N-dealkylation sites (tertiary alicyclic amines) is 1. The summed E-state index contributed by atoms with van der Waals surface area (Å²) < 4.78 is 11.4. The van der Waals surface area contributed by atoms with E-state index in [1.54, 1.807) is 7.11 Å². The first-order valence-electron chi connectivity index (χ1n) is 7.03. The van der Waals surface area contributed by atoms with Crippen molar-refractivity contribution in [2.75, 3.05) is 33.9 Å². The molecule has 0 aromatic heterocycles. The maximum Gasteiger partial charge on any atom is 0.161 e. The summed E-state index contributed by atoms with van der Waals surface area (Å²) in [6.45, 7) is 1.95. The van der Waals surface area contributed by atoms with Gasteiger partial charge in [-0.3, -0.25) is 0 Å². The lowest BCUT2D eigenvalue weighted by Crippen LogP contribution is -2.38. The van der Waals surface area contributed by atoms with Gasteiger partial charge in [0.1, 0.15) is 6.10 Å². The Morgan fingerprint density at radius 1 is 1.45 bits per heavy atom. The van der Waals surface area contributed by atoms with E-state index in [0.717, 1.165) is 31.5 Å². The van der Waals surface area contributed by atoms with Crippen LogP contribution < -0.4 is 15.2 Å². The van der Waals surface area contributed by atoms with Crippen LogP contribution in [-0.2, 0) is 0 Å². The van der Waals surface area contributed by atoms with Gasteiger partial charge in [-0.05, 0) is 44.1 Å². The molecule has 1 heterocycles. The highest BCUT2D eigenvalue weighted by atomic mass is 16.5. The van der Waals surface area contributed by atoms with Crippen LogP contribution in [0.2, 0.25) is 0 Å². The molecule has 5 heteroatoms. The van der Waals surface area contributed by atoms with Crippen LogP contribution in [-0.4, -0.2) is 50.0 Å². The van der Waals surface area contributed by atoms with Crippen molar-refractivity contribution >= 4 is 0 Å². The van der Waals surface area contributed by atoms with Gasteiger partial charge < -0.3 is 25.2 Å². The number of rotatable bonds is 5. The van der Waals surface area contributed by atoms with Crippen LogP contribution in [0, 0.1) is 0 Å². The smallest absolute Gasteiger partial charge is 0.161 e. The molecule has 1 saturated heterocycles. The number of ether oxygens (including phenoxy) is 2. The second-order valence-electron chi connectivity index (χ2n) is 5.34. The normalized spacial score (nSPS) is 21.5. The Labute approximate surface area is 120 Å². The Hall–Kier alpha value is -1.30. The number of hydrogen-bond acceptors (Lipinski definition) is 5. The number of nitrogens with zero attached hydrogens (tertiary/aromatic N) is 1. The molecule has 2 atom stereocenters. The van der Waals surface area contributed by atoms with E-state index in [4.69, 9.17) is 20.3 Å². The average Bonchev–Trinajstić information content (AvgIpc) is 2.46. The standard InChI is InChI=1S/C15H24N2O3/c1-17-7-3-4-12(9-17)20-15-8-11(13(16)10-18)5-6-14(15)19-2/h5-6,8,12-13,18H,3-4,7,9-10,16H2,1-2H3. The number of hydrogen-bond donors (Lipinski definition) is 2. The lowest BCUT2D eigenvalue weighted by Gasteiger charge is -2.30. The third kappa shape index (κ3) is 3.62. The summed E-state index contributed by atoms with van der Waals surface area (Å²) >= 11 is 0. The van der Waals surface area contributed by atoms with Gasteiger partial charge in [0.2, 0.25) is 0 Å². The first-order chi connectivity index (χ1) is 9.63. The van der Waals surface area contributed by atoms with Crippen LogP contribution in [0.5, 0.6) is 11.5 Å². The summed E-state index contributed by atoms with van der Waals surface area (Å²) in [5.41, 5.74) is 6.71. The molecular weight excluding hydrogens is 256 g/mol. The van der Waals surface area contributed by atoms with E-state index in [0.29, 0.717) is 11.5 Å². The fourth-order valence-corrected chi connectivity index (χ4v) is 2.52. The summed E-state index contributed by atoms with van der Waals surface area (Å²) in [6.07, 6.45) is 2.35. The summed E-state index contributed by atoms with van der Waals surface area (Å²) in [7, 11) is 3.73. The SMILES string of the molecule is COc1ccc(C(N)CO)cc1OC1CCCN(C)C1. The van der Waals surface area contributed by atoms with Gasteiger partial charge in [0.05, 0.1) is 19.8 Å². The second-order valence-corrected chi connectivity index (χ2v) is 5.34. The number of methoxy groups -OCH3 is 1. The number of aliphatic hydroxyl groups excluding tert-OH is 1. The molecule has 0 radical (unpaired) electrons. The number of aliphatic hydroxyl groups is 1. The molecule has 0 saturated carbocycles. The fraction of sp³-hybridized carbons (Fsp3) is 0.600. The number of likely N-dealkylation sites (N-methyl/N-ethyl adjacent to an activating group) is 1. The van der Waals surface area contributed by atoms with Crippen molar-refractivity contribution in [2.24, 2.45) is 5.73 Å². The zero-order valence-corrected chi connectivity index (χ0v) is 12.2. The van der Waals surface area contributed by atoms with E-state index < -0.39 is 6.04 Å². The first kappa shape index (κ1) is 15.1. The minimum atomic E-state index is -0.391. The largest absolute Gasteiger partial charge is 0.493 e. The van der Waals surface area contributed by atoms with Crippen LogP contribution in [0.15, 0.2) is 18.2 Å². The molecule has 112 valence electrons. The molecule has 2 rings (SSSR count). The second kappa shape index (κ2) is 6.92. The molecular formula is C15H24N2O3. The maximum atomic E-state index is 9.16. The van der Waals surface area contributed by atoms with Gasteiger partial charge in [-0.15, -0.1) is 0 Å². The van der Waals surface area contributed by atoms with E-state index in [1.807, 2.05) is 18.2 Å². The van der Waals surface area contributed by atoms with E-state index in [1.165, 1.54) is 0 Å². The Bertz CT molecular complexity index is 439. The first-order valence-corrected chi connectivity index (χ1v) is 7.03. The topological polar surface area (TPSA) is 68.0 Å². The van der Waals surface area contributed by atoms with Gasteiger partial charge in [0.15, 0.2) is 11.5 Å². The predicted molar refractivity (Wildman–Crippen MR) is 78.2 cm³/mol. The van der Waals surface area contributed by atoms with Gasteiger partial charge >= 0.3 is 0 Å². The summed E-state index contributed by atoms with van der Waals surface area (Å²) in [5.74, 6) is 1.40. The molecule has 1 aliphatic rings. The van der Waals surface area contributed by atoms with Crippen LogP contribution in [0.4, 0.5) is 0 Å². The van der Waals surface area contributed by atoms with E-state index in [9.17, 15) is 0 Å². The Morgan fingerprint density at radius 2 is 2.25 bits per heavy atom. The maximum absolute atomic E-state index is 9.16. The van der Waals surface area contributed by atoms with Gasteiger partial charge in [0, 0.05) is 6.54 Å². The average molecular weight is 280 g/mol. The van der Waals surface area contributed by atoms with Crippen molar-refractivity contribution in [1.29, 1.82) is 0 Å². The van der Waals surface area contributed by atoms with Gasteiger partial charge in [-0.2, -0.15) is 0 Å². The molecule has 0 bridgehead atoms. The molecule has 3 N–H and O–H groups in total. The third-order valence-corrected chi connectivity index (χ3v) is 3.69. The van der Waals surface area contributed by atoms with Crippen molar-refractivity contribution in [1.82, 2.24) is 4.90 Å². The predicted octanol–water partition coefficient (Wildman–Crippen LogP) is 1.16. The zero-order chi connectivity index (χ0) is 14.5. The van der Waals surface area contributed by atoms with Gasteiger partial charge in [-0.25, -0.2) is 0 Å². The van der Waals surface area contributed by atoms with Crippen LogP contribution in [0.1, 0.15) is 24.4 Å². The lowest BCUT2D eigenvalue weighted by atomic mass is 10.1. The number of benzene rings is 1. The van der Waals surface area contributed by atoms with Crippen molar-refractivity contribution in [3.05, 3.63) is 23.8 Å². The molecule has 0 aliphatic carbocycles. The minimum Gasteiger partial charge on any atom is -0.493 e. The fourth-order valence-electron chi connectivity index (χ4n) is 2.52. The monoisotopic (exact) mass is 280 g/mol. The summed E-state index contributed by atoms with van der Waals surface area (Å²) in [6, 6.07) is 5.18. The van der Waals surface area contributed by atoms with E-state index in [-0.39, 0.29) is 12.7 Å². The van der Waals surface area contributed by atoms with E-state index >= 15 is 0 Å². The molecule has 0 amide bonds. The Morgan fingerprint density at radius 3 is 2.90 bits per heavy atom. The molecule has 5 nitrogen and oxygen atoms in total. The third-order valence-electron chi connectivity index (χ3n) is 3.69. The Balaban J connectivity index is 2.15. The highest BCUT2D eigenvalue weighted by Gasteiger charge is 2.20. The van der Waals surface area contributed by atoms with Crippen LogP contribution in [0.25, 0.3) is 0 Å². The van der Waals surface area contributed by atoms with Crippen molar-refractivity contribution in [2.45, 2.75) is 25.0 Å². The van der Waals surface area contributed by atoms with Crippen LogP contribution in [0.3, 0.4) is 0 Å². The molecule has 1 aromatic rings. The van der Waals surface area contributed by atoms with Gasteiger partial charge in [0.25, 0.3) is 0 Å². The van der Waals surface area contributed by atoms with Gasteiger partial charge in [-0.1, -0.05) is 6.07 Å². The van der Waals surface area contributed by atoms with Crippen molar-refractivity contribution in [3.63, 3.8) is 0 Å². The molecule has 2 unspecified atom stereocenters. The quantitative estimate of drug-likeness (QED) is 0.847. The molecule has 1 fully saturated rings. The van der Waals surface area contributed by atoms with Crippen LogP contribution >= 0.6 is 0 Å². The molecule has 1 aliphatic heterocycles. The highest BCUT2D eigenvalue weighted by Crippen LogP contribution is 2.31. The van der Waals surface area contributed by atoms with Crippen molar-refractivity contribution in [3.8, 4) is 11.5 Å². The Kier molecular flexibility index (Phi) is 5.23. The number of piperidine rings is 1. The summed E-state index contributed by atoms with van der Waals surface area (Å²) in [5, 5.41) is 9.16. The molecule has 0 spiro atoms. The van der Waals surface area contributed by atoms with Crippen molar-refractivity contribution < 1.29 is 14.6 Å².